The number of nitrogens with zero attached hydrogens (tertiary/aromatic N) is 4. The Morgan fingerprint density at radius 3 is 2.35 bits per heavy atom. The van der Waals surface area contributed by atoms with Crippen LogP contribution in [0.5, 0.6) is 5.75 Å². The van der Waals surface area contributed by atoms with Gasteiger partial charge in [0.25, 0.3) is 5.91 Å². The number of anilines is 2. The minimum Gasteiger partial charge on any atom is -0.492 e. The maximum Gasteiger partial charge on any atom is 0.280 e. The van der Waals surface area contributed by atoms with Crippen LogP contribution >= 0.6 is 11.6 Å². The maximum atomic E-state index is 12.3. The molecule has 0 saturated carbocycles. The molecule has 12 N–H and O–H groups in total. The van der Waals surface area contributed by atoms with Crippen LogP contribution in [0.15, 0.2) is 29.3 Å². The lowest BCUT2D eigenvalue weighted by Gasteiger charge is -2.30. The van der Waals surface area contributed by atoms with Crippen LogP contribution in [-0.2, 0) is 6.42 Å². The number of nitrogen functional groups attached to an aromatic ring is 2. The molecule has 258 valence electrons. The first-order chi connectivity index (χ1) is 22.0. The molecule has 0 saturated heterocycles. The number of halogens is 1. The van der Waals surface area contributed by atoms with Gasteiger partial charge in [-0.3, -0.25) is 20.0 Å². The lowest BCUT2D eigenvalue weighted by atomic mass is 10.0. The Kier molecular flexibility index (Phi) is 17.5. The van der Waals surface area contributed by atoms with Crippen LogP contribution in [0.25, 0.3) is 0 Å². The molecule has 46 heavy (non-hydrogen) atoms. The van der Waals surface area contributed by atoms with E-state index in [1.54, 1.807) is 0 Å². The number of aliphatic hydroxyl groups is 5. The molecule has 0 aliphatic heterocycles. The van der Waals surface area contributed by atoms with E-state index in [1.165, 1.54) is 0 Å². The molecular weight excluding hydrogens is 620 g/mol. The highest BCUT2D eigenvalue weighted by Crippen LogP contribution is 2.17. The van der Waals surface area contributed by atoms with Gasteiger partial charge >= 0.3 is 0 Å². The standard InChI is InChI=1S/C30H49ClN8O7/c1-2-3-4-7-14-39(17-21(41)24(43)25(44)22(42)18-40)15-16-46-20-11-9-19(10-12-20)8-5-6-13-35-30(34)38-29(45)23-27(32)37-28(33)26(31)36-23/h9-12,21-22,24-25,40-44H,2-8,13-18H2,1H3,(H4,32,33,37)(H3,34,35,38,45)/t21-,22-,24+,25+/m0/s1. The van der Waals surface area contributed by atoms with Crippen molar-refractivity contribution in [3.05, 3.63) is 40.7 Å². The zero-order valence-corrected chi connectivity index (χ0v) is 27.0. The largest absolute Gasteiger partial charge is 0.492 e. The molecule has 0 aliphatic rings. The van der Waals surface area contributed by atoms with Crippen molar-refractivity contribution in [2.75, 3.05) is 50.9 Å². The van der Waals surface area contributed by atoms with Gasteiger partial charge in [0.1, 0.15) is 30.7 Å². The number of carbonyl (C=O) groups is 1. The smallest absolute Gasteiger partial charge is 0.280 e. The van der Waals surface area contributed by atoms with E-state index in [9.17, 15) is 25.2 Å². The highest BCUT2D eigenvalue weighted by Gasteiger charge is 2.31. The Bertz CT molecular complexity index is 1220. The Labute approximate surface area is 274 Å². The molecular formula is C30H49ClN8O7. The number of aliphatic imine (C=N–C) groups is 1. The molecule has 1 aromatic heterocycles. The summed E-state index contributed by atoms with van der Waals surface area (Å²) in [5.74, 6) is -0.334. The van der Waals surface area contributed by atoms with Crippen LogP contribution in [0, 0.1) is 0 Å². The third-order valence-corrected chi connectivity index (χ3v) is 7.49. The van der Waals surface area contributed by atoms with Gasteiger partial charge in [-0.1, -0.05) is 49.9 Å². The molecule has 1 heterocycles. The van der Waals surface area contributed by atoms with Gasteiger partial charge in [0, 0.05) is 19.6 Å². The average Bonchev–Trinajstić information content (AvgIpc) is 3.03. The summed E-state index contributed by atoms with van der Waals surface area (Å²) < 4.78 is 5.91. The first kappa shape index (κ1) is 38.9. The maximum absolute atomic E-state index is 12.3. The van der Waals surface area contributed by atoms with Crippen molar-refractivity contribution in [2.45, 2.75) is 76.3 Å². The first-order valence-corrected chi connectivity index (χ1v) is 15.8. The number of aliphatic hydroxyl groups excluding tert-OH is 5. The van der Waals surface area contributed by atoms with Crippen LogP contribution < -0.4 is 27.3 Å². The van der Waals surface area contributed by atoms with Crippen LogP contribution in [0.1, 0.15) is 61.5 Å². The summed E-state index contributed by atoms with van der Waals surface area (Å²) in [5.41, 5.74) is 17.9. The van der Waals surface area contributed by atoms with Crippen LogP contribution in [0.4, 0.5) is 11.6 Å². The number of ether oxygens (including phenoxy) is 1. The number of nitrogens with two attached hydrogens (primary N) is 3. The molecule has 0 bridgehead atoms. The van der Waals surface area contributed by atoms with Gasteiger partial charge in [0.05, 0.1) is 12.7 Å². The van der Waals surface area contributed by atoms with Crippen molar-refractivity contribution in [2.24, 2.45) is 10.7 Å². The first-order valence-electron chi connectivity index (χ1n) is 15.4. The lowest BCUT2D eigenvalue weighted by Crippen LogP contribution is -2.50. The zero-order valence-electron chi connectivity index (χ0n) is 26.3. The molecule has 1 amide bonds. The third kappa shape index (κ3) is 13.6. The number of aromatic nitrogens is 2. The van der Waals surface area contributed by atoms with Gasteiger partial charge < -0.3 is 47.5 Å². The molecule has 0 unspecified atom stereocenters. The summed E-state index contributed by atoms with van der Waals surface area (Å²) in [7, 11) is 0. The normalized spacial score (nSPS) is 14.6. The lowest BCUT2D eigenvalue weighted by molar-refractivity contribution is -0.119. The number of rotatable bonds is 21. The molecule has 0 spiro atoms. The van der Waals surface area contributed by atoms with Crippen molar-refractivity contribution in [1.29, 1.82) is 0 Å². The molecule has 0 fully saturated rings. The van der Waals surface area contributed by atoms with E-state index < -0.39 is 36.9 Å². The summed E-state index contributed by atoms with van der Waals surface area (Å²) >= 11 is 5.81. The van der Waals surface area contributed by atoms with Crippen molar-refractivity contribution in [1.82, 2.24) is 20.2 Å². The van der Waals surface area contributed by atoms with E-state index in [0.717, 1.165) is 50.5 Å². The second-order valence-corrected chi connectivity index (χ2v) is 11.3. The molecule has 0 aliphatic carbocycles. The second kappa shape index (κ2) is 20.7. The summed E-state index contributed by atoms with van der Waals surface area (Å²) in [6.07, 6.45) is 0.370. The van der Waals surface area contributed by atoms with Crippen molar-refractivity contribution in [3.8, 4) is 5.75 Å². The van der Waals surface area contributed by atoms with E-state index in [0.29, 0.717) is 32.0 Å². The molecule has 16 heteroatoms. The van der Waals surface area contributed by atoms with Gasteiger partial charge in [-0.15, -0.1) is 0 Å². The van der Waals surface area contributed by atoms with Crippen molar-refractivity contribution in [3.63, 3.8) is 0 Å². The Morgan fingerprint density at radius 1 is 0.978 bits per heavy atom. The number of guanidine groups is 1. The minimum absolute atomic E-state index is 0.0770. The highest BCUT2D eigenvalue weighted by molar-refractivity contribution is 6.31. The number of aryl methyl sites for hydroxylation is 1. The fourth-order valence-corrected chi connectivity index (χ4v) is 4.63. The fourth-order valence-electron chi connectivity index (χ4n) is 4.50. The van der Waals surface area contributed by atoms with Gasteiger partial charge in [-0.05, 0) is 49.9 Å². The quantitative estimate of drug-likeness (QED) is 0.0485. The monoisotopic (exact) mass is 668 g/mol. The fraction of sp³-hybridized carbons (Fsp3) is 0.600. The summed E-state index contributed by atoms with van der Waals surface area (Å²) in [4.78, 5) is 26.0. The average molecular weight is 669 g/mol. The van der Waals surface area contributed by atoms with Gasteiger partial charge in [-0.2, -0.15) is 0 Å². The summed E-state index contributed by atoms with van der Waals surface area (Å²) in [6.45, 7) is 3.38. The van der Waals surface area contributed by atoms with Crippen LogP contribution in [0.2, 0.25) is 5.15 Å². The van der Waals surface area contributed by atoms with Gasteiger partial charge in [-0.25, -0.2) is 9.97 Å². The topological polar surface area (TPSA) is 259 Å². The van der Waals surface area contributed by atoms with Gasteiger partial charge in [0.2, 0.25) is 0 Å². The number of carbonyl (C=O) groups excluding carboxylic acids is 1. The second-order valence-electron chi connectivity index (χ2n) is 11.0. The molecule has 15 nitrogen and oxygen atoms in total. The summed E-state index contributed by atoms with van der Waals surface area (Å²) in [5, 5.41) is 51.5. The third-order valence-electron chi connectivity index (χ3n) is 7.22. The Morgan fingerprint density at radius 2 is 1.67 bits per heavy atom. The number of hydrogen-bond donors (Lipinski definition) is 9. The van der Waals surface area contributed by atoms with E-state index in [4.69, 9.17) is 38.6 Å². The predicted octanol–water partition coefficient (Wildman–Crippen LogP) is 0.0588. The number of amides is 1. The number of benzene rings is 1. The van der Waals surface area contributed by atoms with E-state index in [1.807, 2.05) is 29.2 Å². The van der Waals surface area contributed by atoms with E-state index in [2.05, 4.69) is 27.2 Å². The number of nitrogens with one attached hydrogen (secondary N) is 1. The predicted molar refractivity (Wildman–Crippen MR) is 176 cm³/mol. The molecule has 2 aromatic rings. The Hall–Kier alpha value is -3.31. The number of hydrogen-bond acceptors (Lipinski definition) is 13. The Balaban J connectivity index is 1.76. The SMILES string of the molecule is CCCCCCN(CCOc1ccc(CCCCN=C(N)NC(=O)c2nc(Cl)c(N)nc2N)cc1)C[C@H](O)[C@@H](O)[C@H](O)[C@@H](O)CO. The van der Waals surface area contributed by atoms with E-state index >= 15 is 0 Å². The van der Waals surface area contributed by atoms with Crippen LogP contribution in [0.3, 0.4) is 0 Å². The minimum atomic E-state index is -1.66. The molecule has 2 rings (SSSR count). The van der Waals surface area contributed by atoms with Crippen molar-refractivity contribution >= 4 is 35.1 Å². The molecule has 1 aromatic carbocycles. The van der Waals surface area contributed by atoms with E-state index in [-0.39, 0.29) is 35.0 Å². The van der Waals surface area contributed by atoms with Crippen molar-refractivity contribution < 1.29 is 35.1 Å². The highest BCUT2D eigenvalue weighted by atomic mass is 35.5. The van der Waals surface area contributed by atoms with Gasteiger partial charge in [0.15, 0.2) is 28.4 Å². The van der Waals surface area contributed by atoms with Crippen LogP contribution in [-0.4, -0.2) is 116 Å². The molecule has 0 radical (unpaired) electrons. The zero-order chi connectivity index (χ0) is 34.1. The molecule has 4 atom stereocenters. The summed E-state index contributed by atoms with van der Waals surface area (Å²) in [6, 6.07) is 7.73. The number of unbranched alkanes of at least 4 members (excludes halogenated alkanes) is 4.